The van der Waals surface area contributed by atoms with E-state index in [4.69, 9.17) is 9.47 Å². The minimum Gasteiger partial charge on any atom is -0.388 e. The summed E-state index contributed by atoms with van der Waals surface area (Å²) < 4.78 is 10.2. The summed E-state index contributed by atoms with van der Waals surface area (Å²) in [6.07, 6.45) is -4.31. The molecular weight excluding hydrogens is 224 g/mol. The zero-order valence-electron chi connectivity index (χ0n) is 9.27. The second kappa shape index (κ2) is 5.57. The standard InChI is InChI=1S/C12H16O5/c13-9-7-17-12(15)10(14)11(9)16-6-8-4-2-1-3-5-8/h1-5,9-15H,6-7H2/t9-,10+,11+,12+/m0/s1. The maximum atomic E-state index is 9.63. The Morgan fingerprint density at radius 3 is 2.59 bits per heavy atom. The second-order valence-corrected chi connectivity index (χ2v) is 4.04. The number of rotatable bonds is 3. The summed E-state index contributed by atoms with van der Waals surface area (Å²) in [6.45, 7) is 0.226. The third kappa shape index (κ3) is 3.02. The van der Waals surface area contributed by atoms with Gasteiger partial charge in [-0.3, -0.25) is 0 Å². The van der Waals surface area contributed by atoms with Crippen LogP contribution in [0.25, 0.3) is 0 Å². The minimum atomic E-state index is -1.31. The summed E-state index contributed by atoms with van der Waals surface area (Å²) in [7, 11) is 0. The minimum absolute atomic E-state index is 0.0440. The van der Waals surface area contributed by atoms with Gasteiger partial charge in [-0.05, 0) is 5.56 Å². The third-order valence-corrected chi connectivity index (χ3v) is 2.73. The summed E-state index contributed by atoms with van der Waals surface area (Å²) in [5.41, 5.74) is 0.938. The Morgan fingerprint density at radius 2 is 1.88 bits per heavy atom. The number of benzene rings is 1. The van der Waals surface area contributed by atoms with E-state index in [1.165, 1.54) is 0 Å². The first kappa shape index (κ1) is 12.5. The van der Waals surface area contributed by atoms with E-state index in [1.54, 1.807) is 0 Å². The lowest BCUT2D eigenvalue weighted by atomic mass is 10.1. The Kier molecular flexibility index (Phi) is 4.09. The highest BCUT2D eigenvalue weighted by Gasteiger charge is 2.38. The molecular formula is C12H16O5. The third-order valence-electron chi connectivity index (χ3n) is 2.73. The predicted molar refractivity (Wildman–Crippen MR) is 59.0 cm³/mol. The molecule has 1 fully saturated rings. The van der Waals surface area contributed by atoms with Crippen LogP contribution in [0.15, 0.2) is 30.3 Å². The SMILES string of the molecule is O[C@@H]1[C@H](OCc2ccccc2)[C@@H](O)CO[C@H]1O. The number of ether oxygens (including phenoxy) is 2. The van der Waals surface area contributed by atoms with E-state index < -0.39 is 24.6 Å². The Bertz CT molecular complexity index is 342. The number of hydrogen-bond donors (Lipinski definition) is 3. The molecule has 1 saturated heterocycles. The van der Waals surface area contributed by atoms with Gasteiger partial charge in [0.1, 0.15) is 18.3 Å². The van der Waals surface area contributed by atoms with Crippen LogP contribution < -0.4 is 0 Å². The predicted octanol–water partition coefficient (Wildman–Crippen LogP) is -0.358. The van der Waals surface area contributed by atoms with Gasteiger partial charge in [0, 0.05) is 0 Å². The van der Waals surface area contributed by atoms with Crippen molar-refractivity contribution < 1.29 is 24.8 Å². The van der Waals surface area contributed by atoms with Crippen molar-refractivity contribution in [1.29, 1.82) is 0 Å². The fraction of sp³-hybridized carbons (Fsp3) is 0.500. The highest BCUT2D eigenvalue weighted by Crippen LogP contribution is 2.18. The Hall–Kier alpha value is -0.980. The van der Waals surface area contributed by atoms with Crippen molar-refractivity contribution in [3.63, 3.8) is 0 Å². The van der Waals surface area contributed by atoms with E-state index in [0.717, 1.165) is 5.56 Å². The highest BCUT2D eigenvalue weighted by atomic mass is 16.6. The van der Waals surface area contributed by atoms with Crippen LogP contribution in [-0.4, -0.2) is 46.5 Å². The van der Waals surface area contributed by atoms with Crippen molar-refractivity contribution in [1.82, 2.24) is 0 Å². The Morgan fingerprint density at radius 1 is 1.18 bits per heavy atom. The number of aliphatic hydroxyl groups excluding tert-OH is 3. The lowest BCUT2D eigenvalue weighted by Gasteiger charge is -2.35. The zero-order valence-corrected chi connectivity index (χ0v) is 9.27. The first-order valence-electron chi connectivity index (χ1n) is 5.50. The van der Waals surface area contributed by atoms with Gasteiger partial charge in [-0.15, -0.1) is 0 Å². The van der Waals surface area contributed by atoms with Crippen LogP contribution in [0, 0.1) is 0 Å². The maximum absolute atomic E-state index is 9.63. The molecule has 1 aromatic carbocycles. The largest absolute Gasteiger partial charge is 0.388 e. The summed E-state index contributed by atoms with van der Waals surface area (Å²) in [5, 5.41) is 28.5. The first-order valence-corrected chi connectivity index (χ1v) is 5.50. The molecule has 0 bridgehead atoms. The van der Waals surface area contributed by atoms with Crippen molar-refractivity contribution >= 4 is 0 Å². The van der Waals surface area contributed by atoms with Gasteiger partial charge in [-0.2, -0.15) is 0 Å². The van der Waals surface area contributed by atoms with Gasteiger partial charge in [0.25, 0.3) is 0 Å². The maximum Gasteiger partial charge on any atom is 0.183 e. The van der Waals surface area contributed by atoms with Crippen LogP contribution in [0.1, 0.15) is 5.56 Å². The van der Waals surface area contributed by atoms with E-state index in [2.05, 4.69) is 0 Å². The van der Waals surface area contributed by atoms with Gasteiger partial charge < -0.3 is 24.8 Å². The molecule has 0 unspecified atom stereocenters. The highest BCUT2D eigenvalue weighted by molar-refractivity contribution is 5.13. The summed E-state index contributed by atoms with van der Waals surface area (Å²) in [5.74, 6) is 0. The van der Waals surface area contributed by atoms with E-state index in [9.17, 15) is 15.3 Å². The second-order valence-electron chi connectivity index (χ2n) is 4.04. The smallest absolute Gasteiger partial charge is 0.183 e. The summed E-state index contributed by atoms with van der Waals surface area (Å²) in [6, 6.07) is 9.42. The van der Waals surface area contributed by atoms with Gasteiger partial charge >= 0.3 is 0 Å². The molecule has 0 saturated carbocycles. The molecule has 2 rings (SSSR count). The van der Waals surface area contributed by atoms with Crippen LogP contribution in [0.2, 0.25) is 0 Å². The molecule has 0 radical (unpaired) electrons. The van der Waals surface area contributed by atoms with Crippen molar-refractivity contribution in [2.24, 2.45) is 0 Å². The molecule has 1 aromatic rings. The fourth-order valence-corrected chi connectivity index (χ4v) is 1.76. The molecule has 0 aromatic heterocycles. The van der Waals surface area contributed by atoms with Crippen LogP contribution >= 0.6 is 0 Å². The average molecular weight is 240 g/mol. The normalized spacial score (nSPS) is 33.6. The molecule has 94 valence electrons. The van der Waals surface area contributed by atoms with Gasteiger partial charge in [0.15, 0.2) is 6.29 Å². The van der Waals surface area contributed by atoms with Crippen molar-refractivity contribution in [3.05, 3.63) is 35.9 Å². The molecule has 0 spiro atoms. The number of hydrogen-bond acceptors (Lipinski definition) is 5. The monoisotopic (exact) mass is 240 g/mol. The van der Waals surface area contributed by atoms with E-state index in [-0.39, 0.29) is 13.2 Å². The molecule has 4 atom stereocenters. The van der Waals surface area contributed by atoms with Gasteiger partial charge in [-0.1, -0.05) is 30.3 Å². The van der Waals surface area contributed by atoms with Crippen molar-refractivity contribution in [3.8, 4) is 0 Å². The molecule has 1 aliphatic heterocycles. The molecule has 1 heterocycles. The lowest BCUT2D eigenvalue weighted by Crippen LogP contribution is -2.53. The first-order chi connectivity index (χ1) is 8.18. The van der Waals surface area contributed by atoms with Gasteiger partial charge in [-0.25, -0.2) is 0 Å². The van der Waals surface area contributed by atoms with Crippen molar-refractivity contribution in [2.45, 2.75) is 31.2 Å². The number of aliphatic hydroxyl groups is 3. The quantitative estimate of drug-likeness (QED) is 0.672. The van der Waals surface area contributed by atoms with E-state index in [1.807, 2.05) is 30.3 Å². The van der Waals surface area contributed by atoms with Crippen molar-refractivity contribution in [2.75, 3.05) is 6.61 Å². The molecule has 5 heteroatoms. The summed E-state index contributed by atoms with van der Waals surface area (Å²) in [4.78, 5) is 0. The molecule has 17 heavy (non-hydrogen) atoms. The molecule has 5 nitrogen and oxygen atoms in total. The van der Waals surface area contributed by atoms with Crippen LogP contribution in [0.4, 0.5) is 0 Å². The lowest BCUT2D eigenvalue weighted by molar-refractivity contribution is -0.264. The molecule has 0 amide bonds. The molecule has 0 aliphatic carbocycles. The summed E-state index contributed by atoms with van der Waals surface area (Å²) >= 11 is 0. The average Bonchev–Trinajstić information content (AvgIpc) is 2.35. The Balaban J connectivity index is 1.93. The Labute approximate surface area is 99.2 Å². The van der Waals surface area contributed by atoms with Crippen LogP contribution in [0.5, 0.6) is 0 Å². The zero-order chi connectivity index (χ0) is 12.3. The van der Waals surface area contributed by atoms with Gasteiger partial charge in [0.2, 0.25) is 0 Å². The van der Waals surface area contributed by atoms with Crippen LogP contribution in [0.3, 0.4) is 0 Å². The topological polar surface area (TPSA) is 79.2 Å². The van der Waals surface area contributed by atoms with Crippen LogP contribution in [-0.2, 0) is 16.1 Å². The van der Waals surface area contributed by atoms with Gasteiger partial charge in [0.05, 0.1) is 13.2 Å². The van der Waals surface area contributed by atoms with E-state index >= 15 is 0 Å². The fourth-order valence-electron chi connectivity index (χ4n) is 1.76. The molecule has 1 aliphatic rings. The van der Waals surface area contributed by atoms with E-state index in [0.29, 0.717) is 0 Å². The molecule has 3 N–H and O–H groups in total.